The molecule has 0 saturated carbocycles. The van der Waals surface area contributed by atoms with Crippen molar-refractivity contribution >= 4 is 0 Å². The van der Waals surface area contributed by atoms with Gasteiger partial charge in [0, 0.05) is 12.1 Å². The van der Waals surface area contributed by atoms with Crippen molar-refractivity contribution in [3.63, 3.8) is 0 Å². The molecule has 4 nitrogen and oxygen atoms in total. The van der Waals surface area contributed by atoms with Crippen molar-refractivity contribution in [3.05, 3.63) is 0 Å². The molecule has 0 aromatic rings. The van der Waals surface area contributed by atoms with E-state index < -0.39 is 0 Å². The Kier molecular flexibility index (Phi) is 12.5. The molecule has 0 spiro atoms. The summed E-state index contributed by atoms with van der Waals surface area (Å²) in [5, 5.41) is 3.71. The Hall–Kier alpha value is -0.160. The summed E-state index contributed by atoms with van der Waals surface area (Å²) in [6, 6.07) is 0.893. The Bertz CT molecular complexity index is 209. The monoisotopic (exact) mass is 286 g/mol. The zero-order valence-corrected chi connectivity index (χ0v) is 13.9. The van der Waals surface area contributed by atoms with E-state index >= 15 is 0 Å². The van der Waals surface area contributed by atoms with E-state index in [1.165, 1.54) is 12.8 Å². The fourth-order valence-corrected chi connectivity index (χ4v) is 2.70. The molecule has 7 N–H and O–H groups in total. The summed E-state index contributed by atoms with van der Waals surface area (Å²) in [5.74, 6) is 1.35. The standard InChI is InChI=1S/C16H38N4/c1-13(2)10-16(7-5-9-18)20-12-14(3)11-15(19)6-4-8-17/h13-16,20H,4-12,17-19H2,1-3H3/t14?,15-,16+/m0/s1. The largest absolute Gasteiger partial charge is 0.330 e. The van der Waals surface area contributed by atoms with E-state index in [1.54, 1.807) is 0 Å². The summed E-state index contributed by atoms with van der Waals surface area (Å²) in [4.78, 5) is 0. The molecule has 0 bridgehead atoms. The van der Waals surface area contributed by atoms with Crippen molar-refractivity contribution in [2.45, 2.75) is 71.4 Å². The highest BCUT2D eigenvalue weighted by molar-refractivity contribution is 4.73. The number of hydrogen-bond acceptors (Lipinski definition) is 4. The van der Waals surface area contributed by atoms with Crippen LogP contribution in [0.5, 0.6) is 0 Å². The molecule has 0 aliphatic rings. The van der Waals surface area contributed by atoms with Crippen molar-refractivity contribution in [1.29, 1.82) is 0 Å². The van der Waals surface area contributed by atoms with Gasteiger partial charge < -0.3 is 22.5 Å². The molecule has 3 atom stereocenters. The summed E-state index contributed by atoms with van der Waals surface area (Å²) < 4.78 is 0. The summed E-state index contributed by atoms with van der Waals surface area (Å²) in [6.45, 7) is 9.43. The average molecular weight is 287 g/mol. The van der Waals surface area contributed by atoms with Crippen LogP contribution in [0.3, 0.4) is 0 Å². The zero-order valence-electron chi connectivity index (χ0n) is 13.9. The van der Waals surface area contributed by atoms with Gasteiger partial charge in [-0.1, -0.05) is 20.8 Å². The van der Waals surface area contributed by atoms with Crippen molar-refractivity contribution in [3.8, 4) is 0 Å². The Morgan fingerprint density at radius 3 is 2.05 bits per heavy atom. The van der Waals surface area contributed by atoms with Crippen molar-refractivity contribution < 1.29 is 0 Å². The Morgan fingerprint density at radius 2 is 1.50 bits per heavy atom. The van der Waals surface area contributed by atoms with Crippen LogP contribution in [0.2, 0.25) is 0 Å². The minimum Gasteiger partial charge on any atom is -0.330 e. The molecular weight excluding hydrogens is 248 g/mol. The number of hydrogen-bond donors (Lipinski definition) is 4. The summed E-state index contributed by atoms with van der Waals surface area (Å²) in [7, 11) is 0. The van der Waals surface area contributed by atoms with Crippen LogP contribution in [0.4, 0.5) is 0 Å². The van der Waals surface area contributed by atoms with E-state index in [1.807, 2.05) is 0 Å². The highest BCUT2D eigenvalue weighted by Crippen LogP contribution is 2.12. The van der Waals surface area contributed by atoms with Gasteiger partial charge in [-0.25, -0.2) is 0 Å². The van der Waals surface area contributed by atoms with Gasteiger partial charge in [0.1, 0.15) is 0 Å². The van der Waals surface area contributed by atoms with Gasteiger partial charge >= 0.3 is 0 Å². The lowest BCUT2D eigenvalue weighted by atomic mass is 9.96. The number of rotatable bonds is 13. The highest BCUT2D eigenvalue weighted by Gasteiger charge is 2.13. The minimum atomic E-state index is 0.294. The van der Waals surface area contributed by atoms with E-state index in [2.05, 4.69) is 26.1 Å². The van der Waals surface area contributed by atoms with Crippen molar-refractivity contribution in [1.82, 2.24) is 5.32 Å². The molecule has 0 aromatic heterocycles. The van der Waals surface area contributed by atoms with Gasteiger partial charge in [-0.3, -0.25) is 0 Å². The van der Waals surface area contributed by atoms with E-state index in [9.17, 15) is 0 Å². The lowest BCUT2D eigenvalue weighted by Crippen LogP contribution is -2.36. The van der Waals surface area contributed by atoms with Crippen LogP contribution >= 0.6 is 0 Å². The van der Waals surface area contributed by atoms with Crippen LogP contribution in [0.25, 0.3) is 0 Å². The molecule has 0 aliphatic heterocycles. The van der Waals surface area contributed by atoms with E-state index in [0.29, 0.717) is 18.0 Å². The third-order valence-corrected chi connectivity index (χ3v) is 3.75. The number of nitrogens with two attached hydrogens (primary N) is 3. The minimum absolute atomic E-state index is 0.294. The van der Waals surface area contributed by atoms with Crippen molar-refractivity contribution in [2.75, 3.05) is 19.6 Å². The summed E-state index contributed by atoms with van der Waals surface area (Å²) in [5.41, 5.74) is 17.3. The molecule has 0 radical (unpaired) electrons. The molecule has 0 fully saturated rings. The second-order valence-corrected chi connectivity index (χ2v) is 6.70. The molecule has 4 heteroatoms. The van der Waals surface area contributed by atoms with Crippen LogP contribution in [0.15, 0.2) is 0 Å². The summed E-state index contributed by atoms with van der Waals surface area (Å²) >= 11 is 0. The SMILES string of the molecule is CC(C)C[C@@H](CCCN)NCC(C)C[C@@H](N)CCCN. The third-order valence-electron chi connectivity index (χ3n) is 3.75. The lowest BCUT2D eigenvalue weighted by molar-refractivity contribution is 0.347. The van der Waals surface area contributed by atoms with Crippen molar-refractivity contribution in [2.24, 2.45) is 29.0 Å². The Labute approximate surface area is 126 Å². The third kappa shape index (κ3) is 11.6. The molecule has 1 unspecified atom stereocenters. The van der Waals surface area contributed by atoms with E-state index in [4.69, 9.17) is 17.2 Å². The molecule has 20 heavy (non-hydrogen) atoms. The van der Waals surface area contributed by atoms with Gasteiger partial charge in [0.05, 0.1) is 0 Å². The van der Waals surface area contributed by atoms with E-state index in [-0.39, 0.29) is 0 Å². The highest BCUT2D eigenvalue weighted by atomic mass is 14.9. The van der Waals surface area contributed by atoms with Crippen LogP contribution in [-0.4, -0.2) is 31.7 Å². The molecule has 0 aromatic carbocycles. The maximum Gasteiger partial charge on any atom is 0.00700 e. The summed E-state index contributed by atoms with van der Waals surface area (Å²) in [6.07, 6.45) is 6.68. The zero-order chi connectivity index (χ0) is 15.4. The van der Waals surface area contributed by atoms with Gasteiger partial charge in [0.2, 0.25) is 0 Å². The first-order valence-electron chi connectivity index (χ1n) is 8.38. The van der Waals surface area contributed by atoms with Gasteiger partial charge in [0.25, 0.3) is 0 Å². The Morgan fingerprint density at radius 1 is 0.900 bits per heavy atom. The first kappa shape index (κ1) is 19.8. The lowest BCUT2D eigenvalue weighted by Gasteiger charge is -2.24. The molecular formula is C16H38N4. The fraction of sp³-hybridized carbons (Fsp3) is 1.00. The van der Waals surface area contributed by atoms with Crippen LogP contribution < -0.4 is 22.5 Å². The van der Waals surface area contributed by atoms with Gasteiger partial charge in [-0.2, -0.15) is 0 Å². The van der Waals surface area contributed by atoms with Crippen LogP contribution in [-0.2, 0) is 0 Å². The quantitative estimate of drug-likeness (QED) is 0.416. The molecule has 0 rings (SSSR count). The first-order chi connectivity index (χ1) is 9.49. The predicted octanol–water partition coefficient (Wildman–Crippen LogP) is 1.82. The normalized spacial score (nSPS) is 16.4. The van der Waals surface area contributed by atoms with E-state index in [0.717, 1.165) is 51.2 Å². The second-order valence-electron chi connectivity index (χ2n) is 6.70. The molecule has 0 amide bonds. The smallest absolute Gasteiger partial charge is 0.00700 e. The molecule has 0 heterocycles. The topological polar surface area (TPSA) is 90.1 Å². The predicted molar refractivity (Wildman–Crippen MR) is 89.6 cm³/mol. The molecule has 0 saturated heterocycles. The van der Waals surface area contributed by atoms with Gasteiger partial charge in [-0.05, 0) is 70.0 Å². The van der Waals surface area contributed by atoms with Crippen LogP contribution in [0.1, 0.15) is 59.3 Å². The Balaban J connectivity index is 3.92. The van der Waals surface area contributed by atoms with Gasteiger partial charge in [-0.15, -0.1) is 0 Å². The molecule has 0 aliphatic carbocycles. The maximum absolute atomic E-state index is 6.13. The number of nitrogens with one attached hydrogen (secondary N) is 1. The fourth-order valence-electron chi connectivity index (χ4n) is 2.70. The average Bonchev–Trinajstić information content (AvgIpc) is 2.39. The van der Waals surface area contributed by atoms with Crippen LogP contribution in [0, 0.1) is 11.8 Å². The first-order valence-corrected chi connectivity index (χ1v) is 8.38. The second kappa shape index (κ2) is 12.6. The molecule has 122 valence electrons. The maximum atomic E-state index is 6.13. The van der Waals surface area contributed by atoms with Gasteiger partial charge in [0.15, 0.2) is 0 Å².